The predicted molar refractivity (Wildman–Crippen MR) is 145 cm³/mol. The van der Waals surface area contributed by atoms with Crippen LogP contribution in [0.3, 0.4) is 0 Å². The topological polar surface area (TPSA) is 66.4 Å². The van der Waals surface area contributed by atoms with Crippen molar-refractivity contribution < 1.29 is 14.7 Å². The SMILES string of the molecule is C=C/C(=C\NCCC)c1cc(CC(C)C(C)(C)C)c(/C(C)=C/C(=O)/C(=C\C)C(=O)O)cc1CC. The lowest BCUT2D eigenvalue weighted by molar-refractivity contribution is -0.134. The molecule has 1 aromatic rings. The Labute approximate surface area is 206 Å². The van der Waals surface area contributed by atoms with Gasteiger partial charge < -0.3 is 10.4 Å². The third-order valence-corrected chi connectivity index (χ3v) is 6.45. The van der Waals surface area contributed by atoms with Crippen LogP contribution in [-0.4, -0.2) is 23.4 Å². The highest BCUT2D eigenvalue weighted by Crippen LogP contribution is 2.34. The van der Waals surface area contributed by atoms with E-state index in [4.69, 9.17) is 0 Å². The number of carbonyl (C=O) groups excluding carboxylic acids is 1. The molecule has 1 atom stereocenters. The normalized spacial score (nSPS) is 14.1. The number of rotatable bonds is 12. The second kappa shape index (κ2) is 13.1. The van der Waals surface area contributed by atoms with Crippen molar-refractivity contribution in [1.29, 1.82) is 0 Å². The molecule has 1 aromatic carbocycles. The number of hydrogen-bond acceptors (Lipinski definition) is 3. The summed E-state index contributed by atoms with van der Waals surface area (Å²) in [4.78, 5) is 24.1. The van der Waals surface area contributed by atoms with E-state index in [1.165, 1.54) is 12.2 Å². The number of carbonyl (C=O) groups is 2. The summed E-state index contributed by atoms with van der Waals surface area (Å²) < 4.78 is 0. The maximum atomic E-state index is 12.7. The highest BCUT2D eigenvalue weighted by atomic mass is 16.4. The number of ketones is 1. The zero-order valence-electron chi connectivity index (χ0n) is 22.3. The molecule has 0 aliphatic rings. The van der Waals surface area contributed by atoms with Gasteiger partial charge in [0.1, 0.15) is 5.57 Å². The summed E-state index contributed by atoms with van der Waals surface area (Å²) in [5.41, 5.74) is 6.17. The molecule has 0 bridgehead atoms. The summed E-state index contributed by atoms with van der Waals surface area (Å²) in [6.45, 7) is 21.6. The van der Waals surface area contributed by atoms with Crippen molar-refractivity contribution >= 4 is 22.9 Å². The second-order valence-corrected chi connectivity index (χ2v) is 9.95. The average Bonchev–Trinajstić information content (AvgIpc) is 2.76. The van der Waals surface area contributed by atoms with Crippen molar-refractivity contribution in [1.82, 2.24) is 5.32 Å². The largest absolute Gasteiger partial charge is 0.478 e. The second-order valence-electron chi connectivity index (χ2n) is 9.95. The van der Waals surface area contributed by atoms with Crippen LogP contribution >= 0.6 is 0 Å². The minimum atomic E-state index is -1.21. The van der Waals surface area contributed by atoms with Crippen molar-refractivity contribution in [2.24, 2.45) is 11.3 Å². The van der Waals surface area contributed by atoms with Crippen LogP contribution in [0.15, 0.2) is 48.7 Å². The molecule has 0 heterocycles. The molecule has 0 aliphatic carbocycles. The zero-order valence-corrected chi connectivity index (χ0v) is 22.3. The Balaban J connectivity index is 3.74. The van der Waals surface area contributed by atoms with Crippen LogP contribution in [0, 0.1) is 11.3 Å². The molecule has 0 fully saturated rings. The van der Waals surface area contributed by atoms with E-state index in [1.807, 2.05) is 19.2 Å². The number of aliphatic carboxylic acids is 1. The fourth-order valence-electron chi connectivity index (χ4n) is 3.72. The molecule has 0 radical (unpaired) electrons. The number of aryl methyl sites for hydroxylation is 1. The number of hydrogen-bond donors (Lipinski definition) is 2. The van der Waals surface area contributed by atoms with Gasteiger partial charge in [-0.3, -0.25) is 4.79 Å². The Kier molecular flexibility index (Phi) is 11.3. The molecule has 186 valence electrons. The number of carboxylic acid groups (broad SMARTS) is 1. The van der Waals surface area contributed by atoms with Crippen molar-refractivity contribution in [2.75, 3.05) is 6.54 Å². The first kappa shape index (κ1) is 29.2. The molecule has 4 heteroatoms. The van der Waals surface area contributed by atoms with Crippen LogP contribution in [-0.2, 0) is 22.4 Å². The van der Waals surface area contributed by atoms with Crippen LogP contribution in [0.25, 0.3) is 11.1 Å². The van der Waals surface area contributed by atoms with E-state index in [0.29, 0.717) is 5.92 Å². The van der Waals surface area contributed by atoms with Crippen molar-refractivity contribution in [3.63, 3.8) is 0 Å². The fourth-order valence-corrected chi connectivity index (χ4v) is 3.72. The van der Waals surface area contributed by atoms with Crippen LogP contribution in [0.1, 0.15) is 84.1 Å². The summed E-state index contributed by atoms with van der Waals surface area (Å²) in [6.07, 6.45) is 9.42. The monoisotopic (exact) mass is 465 g/mol. The molecule has 2 N–H and O–H groups in total. The van der Waals surface area contributed by atoms with Gasteiger partial charge in [-0.05, 0) is 83.9 Å². The number of allylic oxidation sites excluding steroid dienone is 5. The Hall–Kier alpha value is -2.88. The van der Waals surface area contributed by atoms with E-state index in [-0.39, 0.29) is 11.0 Å². The first-order valence-corrected chi connectivity index (χ1v) is 12.3. The Morgan fingerprint density at radius 1 is 1.15 bits per heavy atom. The first-order chi connectivity index (χ1) is 15.9. The Morgan fingerprint density at radius 3 is 2.24 bits per heavy atom. The smallest absolute Gasteiger partial charge is 0.339 e. The molecule has 0 saturated heterocycles. The average molecular weight is 466 g/mol. The fraction of sp³-hybridized carbons (Fsp3) is 0.467. The summed E-state index contributed by atoms with van der Waals surface area (Å²) in [5.74, 6) is -1.29. The van der Waals surface area contributed by atoms with Gasteiger partial charge in [-0.25, -0.2) is 4.79 Å². The molecule has 1 unspecified atom stereocenters. The van der Waals surface area contributed by atoms with Gasteiger partial charge in [0.15, 0.2) is 5.78 Å². The summed E-state index contributed by atoms with van der Waals surface area (Å²) >= 11 is 0. The summed E-state index contributed by atoms with van der Waals surface area (Å²) in [7, 11) is 0. The third-order valence-electron chi connectivity index (χ3n) is 6.45. The zero-order chi connectivity index (χ0) is 26.1. The molecule has 0 saturated carbocycles. The van der Waals surface area contributed by atoms with Gasteiger partial charge >= 0.3 is 5.97 Å². The van der Waals surface area contributed by atoms with Gasteiger partial charge in [-0.2, -0.15) is 0 Å². The Morgan fingerprint density at radius 2 is 1.76 bits per heavy atom. The van der Waals surface area contributed by atoms with E-state index < -0.39 is 11.8 Å². The van der Waals surface area contributed by atoms with E-state index in [0.717, 1.165) is 59.2 Å². The van der Waals surface area contributed by atoms with Crippen molar-refractivity contribution in [2.45, 2.75) is 74.7 Å². The molecule has 34 heavy (non-hydrogen) atoms. The van der Waals surface area contributed by atoms with Gasteiger partial charge in [0.05, 0.1) is 0 Å². The Bertz CT molecular complexity index is 987. The molecule has 0 aromatic heterocycles. The lowest BCUT2D eigenvalue weighted by Crippen LogP contribution is -2.20. The van der Waals surface area contributed by atoms with Crippen molar-refractivity contribution in [3.8, 4) is 0 Å². The maximum absolute atomic E-state index is 12.7. The lowest BCUT2D eigenvalue weighted by Gasteiger charge is -2.29. The molecule has 4 nitrogen and oxygen atoms in total. The predicted octanol–water partition coefficient (Wildman–Crippen LogP) is 7.00. The molecule has 0 aliphatic heterocycles. The van der Waals surface area contributed by atoms with Gasteiger partial charge in [0.2, 0.25) is 0 Å². The van der Waals surface area contributed by atoms with Gasteiger partial charge in [0, 0.05) is 12.7 Å². The first-order valence-electron chi connectivity index (χ1n) is 12.3. The van der Waals surface area contributed by atoms with Gasteiger partial charge in [-0.15, -0.1) is 0 Å². The van der Waals surface area contributed by atoms with Crippen molar-refractivity contribution in [3.05, 3.63) is 71.0 Å². The highest BCUT2D eigenvalue weighted by molar-refractivity contribution is 6.22. The van der Waals surface area contributed by atoms with E-state index in [1.54, 1.807) is 6.92 Å². The van der Waals surface area contributed by atoms with Crippen LogP contribution < -0.4 is 5.32 Å². The lowest BCUT2D eigenvalue weighted by atomic mass is 9.76. The molecule has 0 amide bonds. The van der Waals surface area contributed by atoms with Crippen LogP contribution in [0.4, 0.5) is 0 Å². The van der Waals surface area contributed by atoms with E-state index >= 15 is 0 Å². The third kappa shape index (κ3) is 7.86. The molecular weight excluding hydrogens is 422 g/mol. The van der Waals surface area contributed by atoms with Gasteiger partial charge in [-0.1, -0.05) is 72.4 Å². The van der Waals surface area contributed by atoms with Crippen LogP contribution in [0.2, 0.25) is 0 Å². The summed E-state index contributed by atoms with van der Waals surface area (Å²) in [6, 6.07) is 4.39. The molecule has 1 rings (SSSR count). The maximum Gasteiger partial charge on any atom is 0.339 e. The minimum Gasteiger partial charge on any atom is -0.478 e. The number of benzene rings is 1. The summed E-state index contributed by atoms with van der Waals surface area (Å²) in [5, 5.41) is 12.7. The van der Waals surface area contributed by atoms with Crippen LogP contribution in [0.5, 0.6) is 0 Å². The van der Waals surface area contributed by atoms with E-state index in [2.05, 4.69) is 65.6 Å². The van der Waals surface area contributed by atoms with Gasteiger partial charge in [0.25, 0.3) is 0 Å². The number of carboxylic acids is 1. The highest BCUT2D eigenvalue weighted by Gasteiger charge is 2.23. The quantitative estimate of drug-likeness (QED) is 0.115. The minimum absolute atomic E-state index is 0.121. The molecular formula is C30H43NO3. The van der Waals surface area contributed by atoms with E-state index in [9.17, 15) is 14.7 Å². The number of nitrogens with one attached hydrogen (secondary N) is 1. The molecule has 0 spiro atoms. The standard InChI is InChI=1S/C30H43NO3/c1-10-14-31-19-23(12-3)27-18-24(16-21(6)30(7,8)9)26(17-22(27)11-2)20(5)15-28(32)25(13-4)29(33)34/h12-13,15,17-19,21,31H,3,10-11,14,16H2,1-2,4-9H3,(H,33,34)/b20-15+,23-19+,25-13+.